The zero-order valence-electron chi connectivity index (χ0n) is 13.3. The van der Waals surface area contributed by atoms with Crippen molar-refractivity contribution in [2.24, 2.45) is 5.10 Å². The summed E-state index contributed by atoms with van der Waals surface area (Å²) in [7, 11) is 1.59. The Morgan fingerprint density at radius 1 is 1.21 bits per heavy atom. The van der Waals surface area contributed by atoms with Gasteiger partial charge in [0.2, 0.25) is 0 Å². The highest BCUT2D eigenvalue weighted by molar-refractivity contribution is 6.36. The molecule has 0 aliphatic heterocycles. The maximum Gasteiger partial charge on any atom is 0.259 e. The molecule has 2 rings (SSSR count). The first-order valence-electron chi connectivity index (χ1n) is 7.16. The van der Waals surface area contributed by atoms with Crippen molar-refractivity contribution < 1.29 is 9.53 Å². The molecule has 0 bridgehead atoms. The second-order valence-electron chi connectivity index (χ2n) is 4.94. The van der Waals surface area contributed by atoms with Crippen LogP contribution >= 0.6 is 23.2 Å². The van der Waals surface area contributed by atoms with Crippen molar-refractivity contribution in [2.45, 2.75) is 6.92 Å². The van der Waals surface area contributed by atoms with Gasteiger partial charge in [-0.2, -0.15) is 5.10 Å². The number of carbonyl (C=O) groups excluding carboxylic acids is 1. The van der Waals surface area contributed by atoms with Crippen LogP contribution in [-0.4, -0.2) is 25.3 Å². The molecule has 2 aromatic carbocycles. The Morgan fingerprint density at radius 2 is 2.00 bits per heavy atom. The van der Waals surface area contributed by atoms with E-state index in [9.17, 15) is 4.79 Å². The second-order valence-corrected chi connectivity index (χ2v) is 5.79. The van der Waals surface area contributed by atoms with E-state index in [0.29, 0.717) is 27.1 Å². The number of hydrogen-bond donors (Lipinski definition) is 2. The number of carbonyl (C=O) groups is 1. The third-order valence-electron chi connectivity index (χ3n) is 3.19. The monoisotopic (exact) mass is 365 g/mol. The fourth-order valence-corrected chi connectivity index (χ4v) is 2.36. The van der Waals surface area contributed by atoms with Crippen molar-refractivity contribution in [3.05, 3.63) is 58.1 Å². The lowest BCUT2D eigenvalue weighted by Crippen LogP contribution is -2.26. The van der Waals surface area contributed by atoms with Crippen LogP contribution in [0.25, 0.3) is 0 Å². The number of nitrogens with zero attached hydrogens (tertiary/aromatic N) is 1. The number of hydrazone groups is 1. The first-order valence-corrected chi connectivity index (χ1v) is 7.91. The Morgan fingerprint density at radius 3 is 2.75 bits per heavy atom. The van der Waals surface area contributed by atoms with Gasteiger partial charge in [-0.15, -0.1) is 0 Å². The normalized spacial score (nSPS) is 11.1. The molecule has 0 radical (unpaired) electrons. The van der Waals surface area contributed by atoms with Crippen LogP contribution in [0.3, 0.4) is 0 Å². The van der Waals surface area contributed by atoms with Gasteiger partial charge in [0.1, 0.15) is 5.75 Å². The van der Waals surface area contributed by atoms with Crippen molar-refractivity contribution in [1.82, 2.24) is 5.43 Å². The van der Waals surface area contributed by atoms with Crippen LogP contribution in [0.15, 0.2) is 47.6 Å². The molecule has 0 spiro atoms. The summed E-state index contributed by atoms with van der Waals surface area (Å²) in [6.45, 7) is 1.82. The SMILES string of the molecule is COc1cccc(NCC(=O)N/N=C(/C)c2cc(Cl)ccc2Cl)c1. The summed E-state index contributed by atoms with van der Waals surface area (Å²) in [5.74, 6) is 0.431. The van der Waals surface area contributed by atoms with Crippen LogP contribution in [0, 0.1) is 0 Å². The molecule has 126 valence electrons. The molecule has 0 aliphatic rings. The lowest BCUT2D eigenvalue weighted by atomic mass is 10.1. The van der Waals surface area contributed by atoms with E-state index in [4.69, 9.17) is 27.9 Å². The van der Waals surface area contributed by atoms with Gasteiger partial charge in [-0.1, -0.05) is 29.3 Å². The highest BCUT2D eigenvalue weighted by Crippen LogP contribution is 2.21. The van der Waals surface area contributed by atoms with Crippen LogP contribution in [0.1, 0.15) is 12.5 Å². The molecule has 0 heterocycles. The van der Waals surface area contributed by atoms with E-state index in [1.54, 1.807) is 38.3 Å². The lowest BCUT2D eigenvalue weighted by molar-refractivity contribution is -0.119. The number of anilines is 1. The first-order chi connectivity index (χ1) is 11.5. The summed E-state index contributed by atoms with van der Waals surface area (Å²) in [5, 5.41) is 8.12. The molecule has 7 heteroatoms. The zero-order valence-corrected chi connectivity index (χ0v) is 14.8. The van der Waals surface area contributed by atoms with Crippen LogP contribution in [0.2, 0.25) is 10.0 Å². The maximum absolute atomic E-state index is 11.9. The number of amides is 1. The molecule has 0 aliphatic carbocycles. The minimum atomic E-state index is -0.282. The third kappa shape index (κ3) is 5.15. The summed E-state index contributed by atoms with van der Waals surface area (Å²) in [6, 6.07) is 12.4. The summed E-state index contributed by atoms with van der Waals surface area (Å²) in [6.07, 6.45) is 0. The quantitative estimate of drug-likeness (QED) is 0.601. The molecular weight excluding hydrogens is 349 g/mol. The Hall–Kier alpha value is -2.24. The zero-order chi connectivity index (χ0) is 17.5. The van der Waals surface area contributed by atoms with Gasteiger partial charge >= 0.3 is 0 Å². The number of rotatable bonds is 6. The Kier molecular flexibility index (Phi) is 6.46. The topological polar surface area (TPSA) is 62.7 Å². The average molecular weight is 366 g/mol. The van der Waals surface area contributed by atoms with E-state index < -0.39 is 0 Å². The second kappa shape index (κ2) is 8.57. The van der Waals surface area contributed by atoms with Crippen molar-refractivity contribution in [3.8, 4) is 5.75 Å². The molecule has 0 unspecified atom stereocenters. The smallest absolute Gasteiger partial charge is 0.259 e. The summed E-state index contributed by atoms with van der Waals surface area (Å²) in [4.78, 5) is 11.9. The third-order valence-corrected chi connectivity index (χ3v) is 3.75. The molecule has 1 amide bonds. The van der Waals surface area contributed by atoms with Gasteiger partial charge in [0.05, 0.1) is 19.4 Å². The van der Waals surface area contributed by atoms with Crippen molar-refractivity contribution >= 4 is 40.5 Å². The minimum Gasteiger partial charge on any atom is -0.497 e. The fourth-order valence-electron chi connectivity index (χ4n) is 1.94. The molecule has 0 saturated heterocycles. The van der Waals surface area contributed by atoms with Gasteiger partial charge in [-0.05, 0) is 37.3 Å². The molecule has 2 N–H and O–H groups in total. The molecule has 0 aromatic heterocycles. The van der Waals surface area contributed by atoms with Gasteiger partial charge in [-0.3, -0.25) is 4.79 Å². The highest BCUT2D eigenvalue weighted by atomic mass is 35.5. The van der Waals surface area contributed by atoms with Crippen LogP contribution in [0.5, 0.6) is 5.75 Å². The van der Waals surface area contributed by atoms with E-state index in [-0.39, 0.29) is 12.5 Å². The number of halogens is 2. The first kappa shape index (κ1) is 18.1. The average Bonchev–Trinajstić information content (AvgIpc) is 2.60. The van der Waals surface area contributed by atoms with Crippen LogP contribution in [-0.2, 0) is 4.79 Å². The van der Waals surface area contributed by atoms with E-state index in [2.05, 4.69) is 15.8 Å². The molecule has 24 heavy (non-hydrogen) atoms. The molecule has 2 aromatic rings. The number of hydrogen-bond acceptors (Lipinski definition) is 4. The van der Waals surface area contributed by atoms with Crippen molar-refractivity contribution in [2.75, 3.05) is 19.0 Å². The number of methoxy groups -OCH3 is 1. The predicted molar refractivity (Wildman–Crippen MR) is 98.3 cm³/mol. The van der Waals surface area contributed by atoms with E-state index in [1.165, 1.54) is 0 Å². The highest BCUT2D eigenvalue weighted by Gasteiger charge is 2.06. The number of nitrogens with one attached hydrogen (secondary N) is 2. The number of ether oxygens (including phenoxy) is 1. The molecule has 0 saturated carbocycles. The van der Waals surface area contributed by atoms with Gasteiger partial charge in [0, 0.05) is 27.4 Å². The Bertz CT molecular complexity index is 763. The molecule has 0 fully saturated rings. The van der Waals surface area contributed by atoms with Gasteiger partial charge < -0.3 is 10.1 Å². The van der Waals surface area contributed by atoms with Gasteiger partial charge in [0.15, 0.2) is 0 Å². The Balaban J connectivity index is 1.93. The lowest BCUT2D eigenvalue weighted by Gasteiger charge is -2.08. The Labute approximate surface area is 150 Å². The van der Waals surface area contributed by atoms with E-state index >= 15 is 0 Å². The van der Waals surface area contributed by atoms with E-state index in [0.717, 1.165) is 5.69 Å². The summed E-state index contributed by atoms with van der Waals surface area (Å²) < 4.78 is 5.12. The predicted octanol–water partition coefficient (Wildman–Crippen LogP) is 3.95. The van der Waals surface area contributed by atoms with Gasteiger partial charge in [0.25, 0.3) is 5.91 Å². The minimum absolute atomic E-state index is 0.0766. The van der Waals surface area contributed by atoms with Crippen LogP contribution in [0.4, 0.5) is 5.69 Å². The maximum atomic E-state index is 11.9. The number of benzene rings is 2. The standard InChI is InChI=1S/C17H17Cl2N3O2/c1-11(15-8-12(18)6-7-16(15)19)21-22-17(23)10-20-13-4-3-5-14(9-13)24-2/h3-9,20H,10H2,1-2H3,(H,22,23)/b21-11-. The van der Waals surface area contributed by atoms with E-state index in [1.807, 2.05) is 18.2 Å². The van der Waals surface area contributed by atoms with Gasteiger partial charge in [-0.25, -0.2) is 5.43 Å². The van der Waals surface area contributed by atoms with Crippen molar-refractivity contribution in [1.29, 1.82) is 0 Å². The molecule has 0 atom stereocenters. The summed E-state index contributed by atoms with van der Waals surface area (Å²) in [5.41, 5.74) is 4.50. The molecule has 5 nitrogen and oxygen atoms in total. The molecular formula is C17H17Cl2N3O2. The largest absolute Gasteiger partial charge is 0.497 e. The fraction of sp³-hybridized carbons (Fsp3) is 0.176. The van der Waals surface area contributed by atoms with Crippen molar-refractivity contribution in [3.63, 3.8) is 0 Å². The van der Waals surface area contributed by atoms with Crippen LogP contribution < -0.4 is 15.5 Å². The summed E-state index contributed by atoms with van der Waals surface area (Å²) >= 11 is 12.0.